The number of hydrogen-bond donors (Lipinski definition) is 1. The van der Waals surface area contributed by atoms with E-state index < -0.39 is 17.7 Å². The molecule has 1 N–H and O–H groups in total. The van der Waals surface area contributed by atoms with E-state index in [-0.39, 0.29) is 17.9 Å². The van der Waals surface area contributed by atoms with Crippen LogP contribution in [0.15, 0.2) is 76.9 Å². The first-order valence-electron chi connectivity index (χ1n) is 11.7. The molecule has 0 bridgehead atoms. The van der Waals surface area contributed by atoms with Crippen LogP contribution >= 0.6 is 0 Å². The molecule has 0 saturated carbocycles. The van der Waals surface area contributed by atoms with Gasteiger partial charge in [-0.1, -0.05) is 44.0 Å². The van der Waals surface area contributed by atoms with Gasteiger partial charge in [-0.05, 0) is 48.4 Å². The molecule has 1 aliphatic heterocycles. The van der Waals surface area contributed by atoms with Crippen LogP contribution in [0.5, 0.6) is 11.5 Å². The molecule has 2 heterocycles. The number of aliphatic hydroxyl groups is 1. The van der Waals surface area contributed by atoms with Crippen molar-refractivity contribution in [3.05, 3.63) is 89.4 Å². The summed E-state index contributed by atoms with van der Waals surface area (Å²) in [4.78, 5) is 27.7. The van der Waals surface area contributed by atoms with E-state index in [1.165, 1.54) is 18.3 Å². The molecule has 1 fully saturated rings. The van der Waals surface area contributed by atoms with E-state index >= 15 is 0 Å². The lowest BCUT2D eigenvalue weighted by atomic mass is 9.95. The van der Waals surface area contributed by atoms with Crippen LogP contribution in [-0.4, -0.2) is 35.4 Å². The van der Waals surface area contributed by atoms with Crippen molar-refractivity contribution in [2.24, 2.45) is 0 Å². The van der Waals surface area contributed by atoms with Crippen molar-refractivity contribution in [3.8, 4) is 11.5 Å². The van der Waals surface area contributed by atoms with Gasteiger partial charge in [-0.2, -0.15) is 0 Å². The maximum atomic E-state index is 13.2. The van der Waals surface area contributed by atoms with Gasteiger partial charge in [0.2, 0.25) is 0 Å². The molecule has 1 unspecified atom stereocenters. The molecule has 2 aromatic carbocycles. The Bertz CT molecular complexity index is 1200. The van der Waals surface area contributed by atoms with Crippen molar-refractivity contribution < 1.29 is 28.6 Å². The molecule has 1 aromatic heterocycles. The fraction of sp³-hybridized carbons (Fsp3) is 0.286. The Kier molecular flexibility index (Phi) is 7.55. The average molecular weight is 476 g/mol. The first kappa shape index (κ1) is 24.1. The second-order valence-corrected chi connectivity index (χ2v) is 8.36. The molecule has 1 amide bonds. The molecule has 35 heavy (non-hydrogen) atoms. The number of carbonyl (C=O) groups excluding carboxylic acids is 2. The molecule has 7 nitrogen and oxygen atoms in total. The summed E-state index contributed by atoms with van der Waals surface area (Å²) >= 11 is 0. The number of ketones is 1. The number of ether oxygens (including phenoxy) is 2. The van der Waals surface area contributed by atoms with Gasteiger partial charge in [0.05, 0.1) is 38.1 Å². The average Bonchev–Trinajstić information content (AvgIpc) is 3.49. The van der Waals surface area contributed by atoms with Crippen LogP contribution in [0.25, 0.3) is 5.76 Å². The lowest BCUT2D eigenvalue weighted by Crippen LogP contribution is -2.29. The standard InChI is InChI=1S/C28H29NO6/c1-3-4-5-15-34-21-13-11-19(12-14-21)25-24(26(30)20-8-6-9-22(17-20)33-2)27(31)28(32)29(25)18-23-10-7-16-35-23/h6-14,16-17,25,30H,3-5,15,18H2,1-2H3/b26-24+. The SMILES string of the molecule is CCCCCOc1ccc(C2/C(=C(\O)c3cccc(OC)c3)C(=O)C(=O)N2Cc2ccco2)cc1. The predicted molar refractivity (Wildman–Crippen MR) is 131 cm³/mol. The molecule has 3 aromatic rings. The van der Waals surface area contributed by atoms with Crippen LogP contribution in [-0.2, 0) is 16.1 Å². The monoisotopic (exact) mass is 475 g/mol. The van der Waals surface area contributed by atoms with Crippen molar-refractivity contribution in [2.75, 3.05) is 13.7 Å². The molecule has 0 aliphatic carbocycles. The van der Waals surface area contributed by atoms with Crippen LogP contribution in [0.2, 0.25) is 0 Å². The van der Waals surface area contributed by atoms with Gasteiger partial charge in [-0.15, -0.1) is 0 Å². The van der Waals surface area contributed by atoms with Crippen LogP contribution in [0.1, 0.15) is 49.1 Å². The van der Waals surface area contributed by atoms with Crippen molar-refractivity contribution in [1.29, 1.82) is 0 Å². The zero-order chi connectivity index (χ0) is 24.8. The van der Waals surface area contributed by atoms with Crippen molar-refractivity contribution in [2.45, 2.75) is 38.8 Å². The number of nitrogens with zero attached hydrogens (tertiary/aromatic N) is 1. The molecular formula is C28H29NO6. The molecule has 0 radical (unpaired) electrons. The smallest absolute Gasteiger partial charge is 0.296 e. The second-order valence-electron chi connectivity index (χ2n) is 8.36. The second kappa shape index (κ2) is 11.0. The van der Waals surface area contributed by atoms with Gasteiger partial charge in [0.15, 0.2) is 0 Å². The number of hydrogen-bond acceptors (Lipinski definition) is 6. The number of rotatable bonds is 10. The van der Waals surface area contributed by atoms with Crippen LogP contribution in [0, 0.1) is 0 Å². The van der Waals surface area contributed by atoms with E-state index in [0.29, 0.717) is 35.0 Å². The van der Waals surface area contributed by atoms with E-state index in [1.54, 1.807) is 36.4 Å². The van der Waals surface area contributed by atoms with E-state index in [4.69, 9.17) is 13.9 Å². The summed E-state index contributed by atoms with van der Waals surface area (Å²) in [6.07, 6.45) is 4.71. The maximum Gasteiger partial charge on any atom is 0.296 e. The highest BCUT2D eigenvalue weighted by Gasteiger charge is 2.46. The van der Waals surface area contributed by atoms with Crippen molar-refractivity contribution in [1.82, 2.24) is 4.90 Å². The summed E-state index contributed by atoms with van der Waals surface area (Å²) in [7, 11) is 1.52. The Hall–Kier alpha value is -4.00. The number of unbranched alkanes of at least 4 members (excludes halogenated alkanes) is 2. The van der Waals surface area contributed by atoms with E-state index in [9.17, 15) is 14.7 Å². The molecule has 1 aliphatic rings. The van der Waals surface area contributed by atoms with E-state index in [0.717, 1.165) is 19.3 Å². The fourth-order valence-corrected chi connectivity index (χ4v) is 4.17. The molecule has 0 spiro atoms. The van der Waals surface area contributed by atoms with Crippen molar-refractivity contribution in [3.63, 3.8) is 0 Å². The summed E-state index contributed by atoms with van der Waals surface area (Å²) < 4.78 is 16.5. The Balaban J connectivity index is 1.73. The number of likely N-dealkylation sites (tertiary alicyclic amines) is 1. The lowest BCUT2D eigenvalue weighted by Gasteiger charge is -2.24. The molecule has 1 saturated heterocycles. The zero-order valence-corrected chi connectivity index (χ0v) is 19.9. The number of amides is 1. The number of carbonyl (C=O) groups is 2. The number of benzene rings is 2. The Morgan fingerprint density at radius 3 is 2.51 bits per heavy atom. The molecule has 4 rings (SSSR count). The van der Waals surface area contributed by atoms with Gasteiger partial charge in [-0.25, -0.2) is 0 Å². The van der Waals surface area contributed by atoms with Crippen LogP contribution < -0.4 is 9.47 Å². The first-order valence-corrected chi connectivity index (χ1v) is 11.7. The number of furan rings is 1. The summed E-state index contributed by atoms with van der Waals surface area (Å²) in [5.41, 5.74) is 1.09. The maximum absolute atomic E-state index is 13.2. The Morgan fingerprint density at radius 1 is 1.03 bits per heavy atom. The van der Waals surface area contributed by atoms with Crippen LogP contribution in [0.3, 0.4) is 0 Å². The lowest BCUT2D eigenvalue weighted by molar-refractivity contribution is -0.140. The highest BCUT2D eigenvalue weighted by molar-refractivity contribution is 6.46. The highest BCUT2D eigenvalue weighted by Crippen LogP contribution is 2.41. The number of Topliss-reactive ketones (excluding diaryl/α,β-unsaturated/α-hetero) is 1. The molecular weight excluding hydrogens is 446 g/mol. The van der Waals surface area contributed by atoms with Gasteiger partial charge in [0.1, 0.15) is 23.0 Å². The Morgan fingerprint density at radius 2 is 1.83 bits per heavy atom. The van der Waals surface area contributed by atoms with Gasteiger partial charge in [0, 0.05) is 5.56 Å². The quantitative estimate of drug-likeness (QED) is 0.181. The number of aliphatic hydroxyl groups excluding tert-OH is 1. The molecule has 182 valence electrons. The minimum absolute atomic E-state index is 0.0198. The fourth-order valence-electron chi connectivity index (χ4n) is 4.17. The highest BCUT2D eigenvalue weighted by atomic mass is 16.5. The minimum Gasteiger partial charge on any atom is -0.507 e. The summed E-state index contributed by atoms with van der Waals surface area (Å²) in [5.74, 6) is 0.0707. The van der Waals surface area contributed by atoms with Gasteiger partial charge in [0.25, 0.3) is 11.7 Å². The third-order valence-corrected chi connectivity index (χ3v) is 6.00. The largest absolute Gasteiger partial charge is 0.507 e. The zero-order valence-electron chi connectivity index (χ0n) is 19.9. The van der Waals surface area contributed by atoms with Crippen LogP contribution in [0.4, 0.5) is 0 Å². The number of methoxy groups -OCH3 is 1. The molecule has 1 atom stereocenters. The van der Waals surface area contributed by atoms with Gasteiger partial charge >= 0.3 is 0 Å². The molecule has 7 heteroatoms. The summed E-state index contributed by atoms with van der Waals surface area (Å²) in [5, 5.41) is 11.2. The third kappa shape index (κ3) is 5.24. The topological polar surface area (TPSA) is 89.2 Å². The first-order chi connectivity index (χ1) is 17.0. The van der Waals surface area contributed by atoms with Gasteiger partial charge < -0.3 is 23.9 Å². The van der Waals surface area contributed by atoms with Crippen molar-refractivity contribution >= 4 is 17.4 Å². The van der Waals surface area contributed by atoms with E-state index in [2.05, 4.69) is 6.92 Å². The third-order valence-electron chi connectivity index (χ3n) is 6.00. The Labute approximate surface area is 204 Å². The predicted octanol–water partition coefficient (Wildman–Crippen LogP) is 5.48. The van der Waals surface area contributed by atoms with Gasteiger partial charge in [-0.3, -0.25) is 9.59 Å². The summed E-state index contributed by atoms with van der Waals surface area (Å²) in [6, 6.07) is 16.7. The summed E-state index contributed by atoms with van der Waals surface area (Å²) in [6.45, 7) is 2.85. The minimum atomic E-state index is -0.791. The van der Waals surface area contributed by atoms with E-state index in [1.807, 2.05) is 24.3 Å². The normalized spacial score (nSPS) is 17.1.